The summed E-state index contributed by atoms with van der Waals surface area (Å²) in [7, 11) is 2.12. The third kappa shape index (κ3) is 5.35. The van der Waals surface area contributed by atoms with Gasteiger partial charge in [-0.2, -0.15) is 25.2 Å². The van der Waals surface area contributed by atoms with Crippen LogP contribution in [0.2, 0.25) is 0 Å². The number of nitriles is 1. The monoisotopic (exact) mass is 422 g/mol. The van der Waals surface area contributed by atoms with Crippen LogP contribution in [0.5, 0.6) is 0 Å². The molecule has 2 N–H and O–H groups in total. The molecule has 2 aromatic rings. The maximum absolute atomic E-state index is 9.54. The number of likely N-dealkylation sites (N-methyl/N-ethyl adjacent to an activating group) is 1. The number of hydrogen-bond donors (Lipinski definition) is 2. The molecule has 1 saturated carbocycles. The molecule has 1 aliphatic carbocycles. The van der Waals surface area contributed by atoms with Crippen LogP contribution in [-0.2, 0) is 6.42 Å². The van der Waals surface area contributed by atoms with Crippen LogP contribution in [0.3, 0.4) is 0 Å². The largest absolute Gasteiger partial charge is 0.351 e. The number of aromatic nitrogens is 5. The van der Waals surface area contributed by atoms with E-state index in [1.54, 1.807) is 6.20 Å². The van der Waals surface area contributed by atoms with Gasteiger partial charge in [-0.3, -0.25) is 0 Å². The molecule has 164 valence electrons. The molecule has 10 nitrogen and oxygen atoms in total. The Labute approximate surface area is 183 Å². The lowest BCUT2D eigenvalue weighted by molar-refractivity contribution is 0.311. The quantitative estimate of drug-likeness (QED) is 0.718. The molecule has 1 aliphatic heterocycles. The molecule has 1 saturated heterocycles. The maximum atomic E-state index is 9.54. The van der Waals surface area contributed by atoms with Crippen LogP contribution < -0.4 is 15.5 Å². The van der Waals surface area contributed by atoms with E-state index in [0.717, 1.165) is 39.0 Å². The summed E-state index contributed by atoms with van der Waals surface area (Å²) in [6, 6.07) is 2.53. The SMILES string of the molecule is CCc1nc(Nc2nc(NC3CCCCC3)ncc2C#N)nc(N2CCN(C)CC2)n1. The van der Waals surface area contributed by atoms with Gasteiger partial charge in [0, 0.05) is 38.6 Å². The predicted octanol–water partition coefficient (Wildman–Crippen LogP) is 2.34. The van der Waals surface area contributed by atoms with Crippen LogP contribution in [0.1, 0.15) is 50.4 Å². The van der Waals surface area contributed by atoms with E-state index in [-0.39, 0.29) is 0 Å². The summed E-state index contributed by atoms with van der Waals surface area (Å²) in [5, 5.41) is 16.1. The molecule has 0 radical (unpaired) electrons. The number of hydrogen-bond acceptors (Lipinski definition) is 10. The van der Waals surface area contributed by atoms with Crippen molar-refractivity contribution in [2.45, 2.75) is 51.5 Å². The number of anilines is 4. The average Bonchev–Trinajstić information content (AvgIpc) is 2.80. The molecule has 0 amide bonds. The van der Waals surface area contributed by atoms with Gasteiger partial charge in [-0.15, -0.1) is 0 Å². The van der Waals surface area contributed by atoms with Gasteiger partial charge in [-0.25, -0.2) is 4.98 Å². The topological polar surface area (TPSA) is 119 Å². The van der Waals surface area contributed by atoms with Crippen molar-refractivity contribution in [3.8, 4) is 6.07 Å². The summed E-state index contributed by atoms with van der Waals surface area (Å²) < 4.78 is 0. The first-order chi connectivity index (χ1) is 15.1. The van der Waals surface area contributed by atoms with Crippen molar-refractivity contribution in [2.75, 3.05) is 48.8 Å². The minimum Gasteiger partial charge on any atom is -0.351 e. The Balaban J connectivity index is 1.56. The van der Waals surface area contributed by atoms with Crippen molar-refractivity contribution in [3.63, 3.8) is 0 Å². The van der Waals surface area contributed by atoms with Crippen LogP contribution in [0.15, 0.2) is 6.20 Å². The van der Waals surface area contributed by atoms with Crippen LogP contribution in [0, 0.1) is 11.3 Å². The molecule has 2 fully saturated rings. The van der Waals surface area contributed by atoms with Crippen molar-refractivity contribution in [1.82, 2.24) is 29.8 Å². The van der Waals surface area contributed by atoms with E-state index in [9.17, 15) is 5.26 Å². The lowest BCUT2D eigenvalue weighted by Crippen LogP contribution is -2.45. The highest BCUT2D eigenvalue weighted by molar-refractivity contribution is 5.60. The second-order valence-electron chi connectivity index (χ2n) is 8.19. The zero-order valence-corrected chi connectivity index (χ0v) is 18.3. The van der Waals surface area contributed by atoms with Gasteiger partial charge in [-0.1, -0.05) is 26.2 Å². The zero-order valence-electron chi connectivity index (χ0n) is 18.3. The lowest BCUT2D eigenvalue weighted by atomic mass is 9.96. The first-order valence-electron chi connectivity index (χ1n) is 11.1. The molecule has 31 heavy (non-hydrogen) atoms. The second kappa shape index (κ2) is 9.83. The molecule has 0 unspecified atom stereocenters. The van der Waals surface area contributed by atoms with Crippen molar-refractivity contribution < 1.29 is 0 Å². The van der Waals surface area contributed by atoms with Crippen molar-refractivity contribution >= 4 is 23.7 Å². The summed E-state index contributed by atoms with van der Waals surface area (Å²) in [5.41, 5.74) is 0.355. The van der Waals surface area contributed by atoms with Crippen LogP contribution in [0.25, 0.3) is 0 Å². The van der Waals surface area contributed by atoms with Crippen LogP contribution >= 0.6 is 0 Å². The van der Waals surface area contributed by atoms with E-state index in [0.29, 0.717) is 47.5 Å². The highest BCUT2D eigenvalue weighted by atomic mass is 15.3. The Kier molecular flexibility index (Phi) is 6.72. The fourth-order valence-electron chi connectivity index (χ4n) is 3.93. The normalized spacial score (nSPS) is 17.9. The molecule has 0 bridgehead atoms. The average molecular weight is 423 g/mol. The van der Waals surface area contributed by atoms with E-state index < -0.39 is 0 Å². The van der Waals surface area contributed by atoms with E-state index in [1.165, 1.54) is 19.3 Å². The summed E-state index contributed by atoms with van der Waals surface area (Å²) >= 11 is 0. The van der Waals surface area contributed by atoms with Gasteiger partial charge in [0.1, 0.15) is 17.5 Å². The molecule has 2 aliphatic rings. The van der Waals surface area contributed by atoms with Gasteiger partial charge in [0.2, 0.25) is 17.8 Å². The smallest absolute Gasteiger partial charge is 0.233 e. The predicted molar refractivity (Wildman–Crippen MR) is 119 cm³/mol. The van der Waals surface area contributed by atoms with E-state index in [2.05, 4.69) is 58.5 Å². The van der Waals surface area contributed by atoms with Crippen molar-refractivity contribution in [3.05, 3.63) is 17.6 Å². The summed E-state index contributed by atoms with van der Waals surface area (Å²) in [5.74, 6) is 2.71. The minimum absolute atomic E-state index is 0.355. The first kappa shape index (κ1) is 21.2. The number of rotatable bonds is 6. The molecular formula is C21H30N10. The fourth-order valence-corrected chi connectivity index (χ4v) is 3.93. The van der Waals surface area contributed by atoms with Crippen LogP contribution in [-0.4, -0.2) is 69.1 Å². The summed E-state index contributed by atoms with van der Waals surface area (Å²) in [4.78, 5) is 27.1. The highest BCUT2D eigenvalue weighted by Crippen LogP contribution is 2.23. The standard InChI is InChI=1S/C21H30N10/c1-3-17-25-20(29-21(26-17)31-11-9-30(2)10-12-31)28-18-15(13-22)14-23-19(27-18)24-16-7-5-4-6-8-16/h14,16H,3-12H2,1-2H3,(H2,23,24,25,26,27,28,29). The van der Waals surface area contributed by atoms with Gasteiger partial charge < -0.3 is 20.4 Å². The molecule has 0 aromatic carbocycles. The van der Waals surface area contributed by atoms with Gasteiger partial charge in [0.05, 0.1) is 6.20 Å². The molecule has 0 atom stereocenters. The minimum atomic E-state index is 0.355. The maximum Gasteiger partial charge on any atom is 0.233 e. The fraction of sp³-hybridized carbons (Fsp3) is 0.619. The van der Waals surface area contributed by atoms with E-state index in [1.807, 2.05) is 6.92 Å². The third-order valence-corrected chi connectivity index (χ3v) is 5.85. The molecule has 2 aromatic heterocycles. The lowest BCUT2D eigenvalue weighted by Gasteiger charge is -2.32. The third-order valence-electron chi connectivity index (χ3n) is 5.85. The Morgan fingerprint density at radius 1 is 1.03 bits per heavy atom. The molecule has 3 heterocycles. The molecule has 10 heteroatoms. The zero-order chi connectivity index (χ0) is 21.6. The summed E-state index contributed by atoms with van der Waals surface area (Å²) in [6.45, 7) is 5.70. The molecular weight excluding hydrogens is 392 g/mol. The Bertz CT molecular complexity index is 926. The number of aryl methyl sites for hydroxylation is 1. The molecule has 0 spiro atoms. The Morgan fingerprint density at radius 2 is 1.81 bits per heavy atom. The number of piperazine rings is 1. The number of nitrogens with one attached hydrogen (secondary N) is 2. The summed E-state index contributed by atoms with van der Waals surface area (Å²) in [6.07, 6.45) is 8.21. The highest BCUT2D eigenvalue weighted by Gasteiger charge is 2.20. The first-order valence-corrected chi connectivity index (χ1v) is 11.1. The van der Waals surface area contributed by atoms with Gasteiger partial charge in [0.25, 0.3) is 0 Å². The second-order valence-corrected chi connectivity index (χ2v) is 8.19. The van der Waals surface area contributed by atoms with Crippen molar-refractivity contribution in [2.24, 2.45) is 0 Å². The van der Waals surface area contributed by atoms with Gasteiger partial charge in [-0.05, 0) is 19.9 Å². The Morgan fingerprint density at radius 3 is 2.52 bits per heavy atom. The van der Waals surface area contributed by atoms with E-state index in [4.69, 9.17) is 0 Å². The van der Waals surface area contributed by atoms with Gasteiger partial charge >= 0.3 is 0 Å². The van der Waals surface area contributed by atoms with Crippen molar-refractivity contribution in [1.29, 1.82) is 5.26 Å². The van der Waals surface area contributed by atoms with Gasteiger partial charge in [0.15, 0.2) is 5.82 Å². The van der Waals surface area contributed by atoms with Crippen LogP contribution in [0.4, 0.5) is 23.7 Å². The Hall–Kier alpha value is -3.06. The van der Waals surface area contributed by atoms with E-state index >= 15 is 0 Å². The number of nitrogens with zero attached hydrogens (tertiary/aromatic N) is 8. The molecule has 4 rings (SSSR count).